The molecule has 3 saturated carbocycles. The Morgan fingerprint density at radius 3 is 2.53 bits per heavy atom. The third kappa shape index (κ3) is 8.42. The second-order valence-electron chi connectivity index (χ2n) is 13.7. The molecule has 1 saturated heterocycles. The first-order valence-corrected chi connectivity index (χ1v) is 18.9. The number of halogens is 1. The number of nitrogens with one attached hydrogen (secondary N) is 3. The number of carbonyl (C=O) groups is 4. The number of oxime groups is 1. The Kier molecular flexibility index (Phi) is 10.6. The average molecular weight is 702 g/mol. The first-order valence-electron chi connectivity index (χ1n) is 17.3. The summed E-state index contributed by atoms with van der Waals surface area (Å²) >= 11 is 0. The summed E-state index contributed by atoms with van der Waals surface area (Å²) in [7, 11) is -3.88. The minimum absolute atomic E-state index is 0.00992. The van der Waals surface area contributed by atoms with Gasteiger partial charge in [0.2, 0.25) is 21.8 Å². The molecular weight excluding hydrogens is 657 g/mol. The van der Waals surface area contributed by atoms with Gasteiger partial charge in [-0.25, -0.2) is 17.6 Å². The van der Waals surface area contributed by atoms with Gasteiger partial charge in [0.15, 0.2) is 0 Å². The smallest absolute Gasteiger partial charge is 0.408 e. The summed E-state index contributed by atoms with van der Waals surface area (Å²) in [6.45, 7) is -0.0695. The molecule has 3 aliphatic carbocycles. The highest BCUT2D eigenvalue weighted by Gasteiger charge is 2.62. The summed E-state index contributed by atoms with van der Waals surface area (Å²) in [5.41, 5.74) is -1.31. The predicted molar refractivity (Wildman–Crippen MR) is 176 cm³/mol. The maximum Gasteiger partial charge on any atom is 0.408 e. The van der Waals surface area contributed by atoms with Gasteiger partial charge in [-0.3, -0.25) is 19.1 Å². The molecule has 0 bridgehead atoms. The van der Waals surface area contributed by atoms with Gasteiger partial charge in [-0.15, -0.1) is 0 Å². The number of benzene rings is 1. The van der Waals surface area contributed by atoms with Crippen molar-refractivity contribution in [3.05, 3.63) is 47.8 Å². The molecule has 266 valence electrons. The first-order chi connectivity index (χ1) is 23.6. The van der Waals surface area contributed by atoms with E-state index in [1.54, 1.807) is 12.1 Å². The monoisotopic (exact) mass is 701 g/mol. The quantitative estimate of drug-likeness (QED) is 0.211. The molecule has 2 aliphatic heterocycles. The number of nitrogens with zero attached hydrogens (tertiary/aromatic N) is 2. The summed E-state index contributed by atoms with van der Waals surface area (Å²) in [5.74, 6) is -2.91. The number of hydrogen-bond acceptors (Lipinski definition) is 9. The second kappa shape index (κ2) is 14.9. The topological polar surface area (TPSA) is 173 Å². The van der Waals surface area contributed by atoms with E-state index in [2.05, 4.69) is 20.5 Å². The van der Waals surface area contributed by atoms with Crippen LogP contribution in [0, 0.1) is 11.7 Å². The Balaban J connectivity index is 1.24. The number of hydrogen-bond donors (Lipinski definition) is 3. The van der Waals surface area contributed by atoms with Crippen molar-refractivity contribution in [2.75, 3.05) is 6.54 Å². The van der Waals surface area contributed by atoms with Crippen molar-refractivity contribution in [2.45, 2.75) is 119 Å². The van der Waals surface area contributed by atoms with Gasteiger partial charge in [0.25, 0.3) is 5.91 Å². The Bertz CT molecular complexity index is 1590. The van der Waals surface area contributed by atoms with E-state index in [1.807, 2.05) is 12.2 Å². The van der Waals surface area contributed by atoms with Crippen LogP contribution in [-0.2, 0) is 34.0 Å². The average Bonchev–Trinajstić information content (AvgIpc) is 3.94. The minimum Gasteiger partial charge on any atom is -0.446 e. The third-order valence-corrected chi connectivity index (χ3v) is 11.8. The normalized spacial score (nSPS) is 30.3. The molecule has 4 fully saturated rings. The van der Waals surface area contributed by atoms with Crippen LogP contribution in [0.5, 0.6) is 0 Å². The van der Waals surface area contributed by atoms with Crippen molar-refractivity contribution in [3.8, 4) is 0 Å². The van der Waals surface area contributed by atoms with Gasteiger partial charge in [-0.2, -0.15) is 0 Å². The van der Waals surface area contributed by atoms with Crippen LogP contribution in [0.3, 0.4) is 0 Å². The number of rotatable bonds is 8. The molecule has 1 aromatic rings. The van der Waals surface area contributed by atoms with E-state index in [1.165, 1.54) is 23.2 Å². The number of ether oxygens (including phenoxy) is 1. The van der Waals surface area contributed by atoms with Crippen LogP contribution < -0.4 is 15.4 Å². The largest absolute Gasteiger partial charge is 0.446 e. The van der Waals surface area contributed by atoms with E-state index >= 15 is 0 Å². The summed E-state index contributed by atoms with van der Waals surface area (Å²) in [6.07, 6.45) is 11.1. The summed E-state index contributed by atoms with van der Waals surface area (Å²) in [5, 5.41) is 8.85. The Morgan fingerprint density at radius 2 is 1.78 bits per heavy atom. The Hall–Kier alpha value is -4.01. The maximum absolute atomic E-state index is 14.2. The lowest BCUT2D eigenvalue weighted by molar-refractivity contribution is -0.141. The van der Waals surface area contributed by atoms with Gasteiger partial charge in [0.05, 0.1) is 18.0 Å². The zero-order valence-electron chi connectivity index (χ0n) is 27.4. The molecule has 6 rings (SSSR count). The van der Waals surface area contributed by atoms with Crippen LogP contribution in [0.1, 0.15) is 89.0 Å². The lowest BCUT2D eigenvalue weighted by Gasteiger charge is -2.30. The van der Waals surface area contributed by atoms with Crippen molar-refractivity contribution in [1.29, 1.82) is 0 Å². The fraction of sp³-hybridized carbons (Fsp3) is 0.618. The third-order valence-electron chi connectivity index (χ3n) is 10.0. The van der Waals surface area contributed by atoms with Crippen LogP contribution in [0.4, 0.5) is 9.18 Å². The molecule has 1 unspecified atom stereocenters. The van der Waals surface area contributed by atoms with Crippen molar-refractivity contribution >= 4 is 40.1 Å². The number of carbonyl (C=O) groups excluding carboxylic acids is 4. The van der Waals surface area contributed by atoms with Crippen LogP contribution >= 0.6 is 0 Å². The predicted octanol–water partition coefficient (Wildman–Crippen LogP) is 3.19. The number of allylic oxidation sites excluding steroid dienone is 1. The van der Waals surface area contributed by atoms with Crippen molar-refractivity contribution in [3.63, 3.8) is 0 Å². The fourth-order valence-corrected chi connectivity index (χ4v) is 8.29. The van der Waals surface area contributed by atoms with Crippen LogP contribution in [0.15, 0.2) is 41.6 Å². The maximum atomic E-state index is 14.2. The molecule has 0 spiro atoms. The molecule has 5 aliphatic rings. The molecule has 13 nitrogen and oxygen atoms in total. The van der Waals surface area contributed by atoms with Gasteiger partial charge >= 0.3 is 6.09 Å². The molecular formula is C34H44FN5O8S. The lowest BCUT2D eigenvalue weighted by Crippen LogP contribution is -2.58. The highest BCUT2D eigenvalue weighted by Crippen LogP contribution is 2.46. The van der Waals surface area contributed by atoms with Crippen molar-refractivity contribution in [2.24, 2.45) is 11.1 Å². The molecule has 0 radical (unpaired) electrons. The van der Waals surface area contributed by atoms with Gasteiger partial charge in [0, 0.05) is 17.9 Å². The van der Waals surface area contributed by atoms with E-state index in [4.69, 9.17) is 9.57 Å². The van der Waals surface area contributed by atoms with Crippen LogP contribution in [0.2, 0.25) is 0 Å². The van der Waals surface area contributed by atoms with Crippen LogP contribution in [0.25, 0.3) is 0 Å². The molecule has 2 heterocycles. The SMILES string of the molecule is O=C(N[C@H]1CCCCC/C=C\C2C[C@@]2(C(=O)NS(=O)(=O)C2CC2)NC(=O)[C@@H]2C[C@@H](O/N=C/c3ccccc3F)CN2C1=O)OC1CCCC1. The number of alkyl carbamates (subject to hydrolysis) is 1. The lowest BCUT2D eigenvalue weighted by atomic mass is 10.0. The van der Waals surface area contributed by atoms with Gasteiger partial charge in [-0.1, -0.05) is 48.3 Å². The summed E-state index contributed by atoms with van der Waals surface area (Å²) in [6, 6.07) is 3.88. The zero-order valence-corrected chi connectivity index (χ0v) is 28.2. The van der Waals surface area contributed by atoms with E-state index in [0.717, 1.165) is 38.5 Å². The van der Waals surface area contributed by atoms with E-state index in [0.29, 0.717) is 32.1 Å². The highest BCUT2D eigenvalue weighted by atomic mass is 32.2. The van der Waals surface area contributed by atoms with E-state index < -0.39 is 74.5 Å². The number of fused-ring (bicyclic) bond motifs is 2. The Labute approximate surface area is 285 Å². The zero-order chi connectivity index (χ0) is 34.6. The first kappa shape index (κ1) is 34.8. The van der Waals surface area contributed by atoms with E-state index in [-0.39, 0.29) is 31.1 Å². The molecule has 3 N–H and O–H groups in total. The number of amides is 4. The van der Waals surface area contributed by atoms with Crippen molar-refractivity contribution < 1.29 is 41.6 Å². The highest BCUT2D eigenvalue weighted by molar-refractivity contribution is 7.91. The van der Waals surface area contributed by atoms with Gasteiger partial charge in [-0.05, 0) is 70.3 Å². The minimum atomic E-state index is -3.88. The van der Waals surface area contributed by atoms with Gasteiger partial charge in [0.1, 0.15) is 35.6 Å². The molecule has 4 amide bonds. The second-order valence-corrected chi connectivity index (χ2v) is 15.7. The van der Waals surface area contributed by atoms with Gasteiger partial charge < -0.3 is 25.1 Å². The molecule has 5 atom stereocenters. The fourth-order valence-electron chi connectivity index (χ4n) is 6.93. The van der Waals surface area contributed by atoms with Crippen molar-refractivity contribution in [1.82, 2.24) is 20.3 Å². The Morgan fingerprint density at radius 1 is 1.02 bits per heavy atom. The molecule has 0 aromatic heterocycles. The van der Waals surface area contributed by atoms with E-state index in [9.17, 15) is 32.0 Å². The molecule has 1 aromatic carbocycles. The number of sulfonamides is 1. The summed E-state index contributed by atoms with van der Waals surface area (Å²) in [4.78, 5) is 61.7. The van der Waals surface area contributed by atoms with Crippen LogP contribution in [-0.4, -0.2) is 85.0 Å². The summed E-state index contributed by atoms with van der Waals surface area (Å²) < 4.78 is 47.3. The molecule has 49 heavy (non-hydrogen) atoms. The standard InChI is InChI=1S/C34H44FN5O8S/c35-27-14-9-6-10-22(27)20-36-48-25-18-29-30(41)38-34(32(43)39-49(45,46)26-16-17-26)19-23(34)11-4-2-1-3-5-15-28(31(42)40(29)21-25)37-33(44)47-24-12-7-8-13-24/h4,6,9-11,14,20,23-26,28-29H,1-3,5,7-8,12-13,15-19,21H2,(H,37,44)(H,38,41)(H,39,43)/b11-4-,36-20+/t23?,25-,28+,29+,34-/m1/s1. The molecule has 15 heteroatoms.